The first-order chi connectivity index (χ1) is 9.49. The molecule has 0 spiro atoms. The number of nitrogens with zero attached hydrogens (tertiary/aromatic N) is 1. The summed E-state index contributed by atoms with van der Waals surface area (Å²) in [6.07, 6.45) is -0.549. The normalized spacial score (nSPS) is 12.2. The van der Waals surface area contributed by atoms with Crippen LogP contribution in [0.4, 0.5) is 10.1 Å². The quantitative estimate of drug-likeness (QED) is 0.926. The lowest BCUT2D eigenvalue weighted by atomic mass is 10.0. The van der Waals surface area contributed by atoms with Gasteiger partial charge < -0.3 is 10.0 Å². The fourth-order valence-electron chi connectivity index (χ4n) is 2.03. The van der Waals surface area contributed by atoms with E-state index in [9.17, 15) is 9.50 Å². The summed E-state index contributed by atoms with van der Waals surface area (Å²) in [5.74, 6) is -0.460. The van der Waals surface area contributed by atoms with Crippen LogP contribution in [0.15, 0.2) is 42.5 Å². The van der Waals surface area contributed by atoms with Crippen molar-refractivity contribution in [3.05, 3.63) is 64.4 Å². The minimum Gasteiger partial charge on any atom is -0.388 e. The van der Waals surface area contributed by atoms with Crippen molar-refractivity contribution in [2.45, 2.75) is 12.5 Å². The van der Waals surface area contributed by atoms with Crippen LogP contribution in [-0.4, -0.2) is 19.2 Å². The van der Waals surface area contributed by atoms with Crippen LogP contribution in [0.25, 0.3) is 0 Å². The van der Waals surface area contributed by atoms with Crippen LogP contribution in [0.5, 0.6) is 0 Å². The number of halogens is 2. The molecule has 0 amide bonds. The molecule has 1 N–H and O–H groups in total. The maximum atomic E-state index is 13.8. The third-order valence-corrected chi connectivity index (χ3v) is 3.53. The Morgan fingerprint density at radius 2 is 1.80 bits per heavy atom. The Morgan fingerprint density at radius 3 is 2.40 bits per heavy atom. The third kappa shape index (κ3) is 3.30. The summed E-state index contributed by atoms with van der Waals surface area (Å²) in [5.41, 5.74) is 2.23. The molecule has 0 fully saturated rings. The molecule has 0 bridgehead atoms. The molecule has 0 aromatic heterocycles. The fraction of sp³-hybridized carbons (Fsp3) is 0.250. The molecule has 2 rings (SSSR count). The zero-order valence-electron chi connectivity index (χ0n) is 11.5. The summed E-state index contributed by atoms with van der Waals surface area (Å²) in [7, 11) is 3.90. The van der Waals surface area contributed by atoms with Gasteiger partial charge in [0.1, 0.15) is 5.82 Å². The highest BCUT2D eigenvalue weighted by Gasteiger charge is 2.13. The number of aliphatic hydroxyl groups is 1. The highest BCUT2D eigenvalue weighted by atomic mass is 35.5. The van der Waals surface area contributed by atoms with Gasteiger partial charge in [0.15, 0.2) is 0 Å². The van der Waals surface area contributed by atoms with Crippen molar-refractivity contribution in [2.24, 2.45) is 0 Å². The molecule has 1 atom stereocenters. The molecule has 2 aromatic carbocycles. The molecule has 106 valence electrons. The summed E-state index contributed by atoms with van der Waals surface area (Å²) >= 11 is 5.74. The SMILES string of the molecule is CN(C)c1ccc(C(O)Cc2cccc(Cl)c2F)cc1. The predicted molar refractivity (Wildman–Crippen MR) is 80.8 cm³/mol. The van der Waals surface area contributed by atoms with Gasteiger partial charge in [0.25, 0.3) is 0 Å². The van der Waals surface area contributed by atoms with E-state index in [1.165, 1.54) is 6.07 Å². The summed E-state index contributed by atoms with van der Waals surface area (Å²) in [6.45, 7) is 0. The van der Waals surface area contributed by atoms with Crippen molar-refractivity contribution in [3.63, 3.8) is 0 Å². The van der Waals surface area contributed by atoms with E-state index in [4.69, 9.17) is 11.6 Å². The third-order valence-electron chi connectivity index (χ3n) is 3.24. The molecule has 2 nitrogen and oxygen atoms in total. The largest absolute Gasteiger partial charge is 0.388 e. The zero-order valence-corrected chi connectivity index (χ0v) is 12.2. The first kappa shape index (κ1) is 14.8. The van der Waals surface area contributed by atoms with Crippen molar-refractivity contribution in [2.75, 3.05) is 19.0 Å². The molecule has 0 aliphatic heterocycles. The Morgan fingerprint density at radius 1 is 1.15 bits per heavy atom. The van der Waals surface area contributed by atoms with Crippen LogP contribution in [0.2, 0.25) is 5.02 Å². The molecule has 4 heteroatoms. The van der Waals surface area contributed by atoms with E-state index in [-0.39, 0.29) is 11.4 Å². The Bertz CT molecular complexity index is 584. The smallest absolute Gasteiger partial charge is 0.145 e. The highest BCUT2D eigenvalue weighted by Crippen LogP contribution is 2.25. The molecule has 0 radical (unpaired) electrons. The number of rotatable bonds is 4. The van der Waals surface area contributed by atoms with E-state index >= 15 is 0 Å². The van der Waals surface area contributed by atoms with E-state index < -0.39 is 11.9 Å². The number of aliphatic hydroxyl groups excluding tert-OH is 1. The Hall–Kier alpha value is -1.58. The second-order valence-corrected chi connectivity index (χ2v) is 5.33. The number of hydrogen-bond acceptors (Lipinski definition) is 2. The topological polar surface area (TPSA) is 23.5 Å². The molecule has 1 unspecified atom stereocenters. The molecule has 0 saturated carbocycles. The standard InChI is InChI=1S/C16H17ClFNO/c1-19(2)13-8-6-11(7-9-13)15(20)10-12-4-3-5-14(17)16(12)18/h3-9,15,20H,10H2,1-2H3. The van der Waals surface area contributed by atoms with Crippen LogP contribution in [0, 0.1) is 5.82 Å². The lowest BCUT2D eigenvalue weighted by Gasteiger charge is -2.15. The van der Waals surface area contributed by atoms with Gasteiger partial charge in [-0.05, 0) is 29.3 Å². The van der Waals surface area contributed by atoms with Crippen molar-refractivity contribution in [1.29, 1.82) is 0 Å². The lowest BCUT2D eigenvalue weighted by molar-refractivity contribution is 0.177. The van der Waals surface area contributed by atoms with Gasteiger partial charge in [0.2, 0.25) is 0 Å². The lowest BCUT2D eigenvalue weighted by Crippen LogP contribution is -2.09. The van der Waals surface area contributed by atoms with E-state index in [0.29, 0.717) is 5.56 Å². The second-order valence-electron chi connectivity index (χ2n) is 4.92. The van der Waals surface area contributed by atoms with Gasteiger partial charge in [-0.1, -0.05) is 35.9 Å². The van der Waals surface area contributed by atoms with Crippen LogP contribution >= 0.6 is 11.6 Å². The van der Waals surface area contributed by atoms with E-state index in [2.05, 4.69) is 0 Å². The number of benzene rings is 2. The summed E-state index contributed by atoms with van der Waals surface area (Å²) in [4.78, 5) is 1.98. The number of hydrogen-bond donors (Lipinski definition) is 1. The average Bonchev–Trinajstić information content (AvgIpc) is 2.44. The summed E-state index contributed by atoms with van der Waals surface area (Å²) in [5, 5.41) is 10.3. The van der Waals surface area contributed by atoms with Gasteiger partial charge >= 0.3 is 0 Å². The van der Waals surface area contributed by atoms with Gasteiger partial charge in [-0.15, -0.1) is 0 Å². The molecular weight excluding hydrogens is 277 g/mol. The van der Waals surface area contributed by atoms with E-state index in [1.54, 1.807) is 12.1 Å². The van der Waals surface area contributed by atoms with Crippen molar-refractivity contribution in [3.8, 4) is 0 Å². The first-order valence-electron chi connectivity index (χ1n) is 6.37. The monoisotopic (exact) mass is 293 g/mol. The van der Waals surface area contributed by atoms with Gasteiger partial charge in [0.05, 0.1) is 11.1 Å². The molecule has 20 heavy (non-hydrogen) atoms. The Balaban J connectivity index is 2.15. The minimum absolute atomic E-state index is 0.0812. The molecule has 0 heterocycles. The fourth-order valence-corrected chi connectivity index (χ4v) is 2.22. The van der Waals surface area contributed by atoms with Gasteiger partial charge in [-0.3, -0.25) is 0 Å². The molecule has 0 aliphatic rings. The van der Waals surface area contributed by atoms with Crippen molar-refractivity contribution < 1.29 is 9.50 Å². The van der Waals surface area contributed by atoms with Crippen LogP contribution < -0.4 is 4.90 Å². The van der Waals surface area contributed by atoms with Crippen molar-refractivity contribution in [1.82, 2.24) is 0 Å². The summed E-state index contributed by atoms with van der Waals surface area (Å²) < 4.78 is 13.8. The van der Waals surface area contributed by atoms with E-state index in [1.807, 2.05) is 43.3 Å². The van der Waals surface area contributed by atoms with Crippen LogP contribution in [-0.2, 0) is 6.42 Å². The Kier molecular flexibility index (Phi) is 4.63. The highest BCUT2D eigenvalue weighted by molar-refractivity contribution is 6.30. The predicted octanol–water partition coefficient (Wildman–Crippen LogP) is 3.82. The maximum absolute atomic E-state index is 13.8. The van der Waals surface area contributed by atoms with Gasteiger partial charge in [0, 0.05) is 26.2 Å². The average molecular weight is 294 g/mol. The minimum atomic E-state index is -0.751. The summed E-state index contributed by atoms with van der Waals surface area (Å²) in [6, 6.07) is 12.4. The molecule has 0 saturated heterocycles. The van der Waals surface area contributed by atoms with Crippen molar-refractivity contribution >= 4 is 17.3 Å². The van der Waals surface area contributed by atoms with Crippen LogP contribution in [0.3, 0.4) is 0 Å². The zero-order chi connectivity index (χ0) is 14.7. The second kappa shape index (κ2) is 6.25. The molecular formula is C16H17ClFNO. The Labute approximate surface area is 123 Å². The van der Waals surface area contributed by atoms with Crippen LogP contribution in [0.1, 0.15) is 17.2 Å². The molecule has 2 aromatic rings. The molecule has 0 aliphatic carbocycles. The van der Waals surface area contributed by atoms with Gasteiger partial charge in [-0.2, -0.15) is 0 Å². The number of anilines is 1. The maximum Gasteiger partial charge on any atom is 0.145 e. The first-order valence-corrected chi connectivity index (χ1v) is 6.75. The van der Waals surface area contributed by atoms with E-state index in [0.717, 1.165) is 11.3 Å². The van der Waals surface area contributed by atoms with Gasteiger partial charge in [-0.25, -0.2) is 4.39 Å².